The summed E-state index contributed by atoms with van der Waals surface area (Å²) in [6, 6.07) is 9.56. The van der Waals surface area contributed by atoms with Gasteiger partial charge in [-0.05, 0) is 31.2 Å². The SMILES string of the molecule is CC(O)(C#Cc1cccc(Nc2ncnc3[nH]ccc23)c1)c1nccs1. The first-order valence-electron chi connectivity index (χ1n) is 7.92. The Hall–Kier alpha value is -3.21. The van der Waals surface area contributed by atoms with E-state index in [0.717, 1.165) is 28.1 Å². The van der Waals surface area contributed by atoms with Crippen LogP contribution < -0.4 is 5.32 Å². The fourth-order valence-electron chi connectivity index (χ4n) is 2.49. The van der Waals surface area contributed by atoms with Crippen molar-refractivity contribution in [3.8, 4) is 11.8 Å². The maximum atomic E-state index is 10.5. The van der Waals surface area contributed by atoms with Gasteiger partial charge in [0.2, 0.25) is 0 Å². The zero-order valence-corrected chi connectivity index (χ0v) is 14.7. The first kappa shape index (κ1) is 16.3. The van der Waals surface area contributed by atoms with Gasteiger partial charge in [-0.2, -0.15) is 0 Å². The molecule has 3 heterocycles. The quantitative estimate of drug-likeness (QED) is 0.487. The smallest absolute Gasteiger partial charge is 0.174 e. The van der Waals surface area contributed by atoms with Crippen molar-refractivity contribution < 1.29 is 5.11 Å². The molecule has 0 bridgehead atoms. The van der Waals surface area contributed by atoms with Gasteiger partial charge >= 0.3 is 0 Å². The number of aliphatic hydroxyl groups is 1. The van der Waals surface area contributed by atoms with E-state index in [1.165, 1.54) is 17.7 Å². The molecule has 6 nitrogen and oxygen atoms in total. The second-order valence-electron chi connectivity index (χ2n) is 5.83. The van der Waals surface area contributed by atoms with Gasteiger partial charge in [0.15, 0.2) is 5.60 Å². The van der Waals surface area contributed by atoms with E-state index in [2.05, 4.69) is 37.1 Å². The average Bonchev–Trinajstić information content (AvgIpc) is 3.33. The number of aromatic nitrogens is 4. The molecule has 3 aromatic heterocycles. The summed E-state index contributed by atoms with van der Waals surface area (Å²) in [6.45, 7) is 1.64. The predicted octanol–water partition coefficient (Wildman–Crippen LogP) is 3.42. The lowest BCUT2D eigenvalue weighted by Crippen LogP contribution is -2.17. The first-order chi connectivity index (χ1) is 12.6. The summed E-state index contributed by atoms with van der Waals surface area (Å²) in [5.41, 5.74) is 1.14. The third-order valence-electron chi connectivity index (χ3n) is 3.78. The number of benzene rings is 1. The van der Waals surface area contributed by atoms with Crippen LogP contribution in [0.3, 0.4) is 0 Å². The van der Waals surface area contributed by atoms with Crippen LogP contribution >= 0.6 is 11.3 Å². The van der Waals surface area contributed by atoms with Gasteiger partial charge in [-0.25, -0.2) is 15.0 Å². The van der Waals surface area contributed by atoms with Gasteiger partial charge in [-0.3, -0.25) is 0 Å². The molecule has 4 rings (SSSR count). The minimum Gasteiger partial charge on any atom is -0.371 e. The highest BCUT2D eigenvalue weighted by molar-refractivity contribution is 7.09. The Morgan fingerprint density at radius 1 is 1.23 bits per heavy atom. The molecule has 0 aliphatic rings. The zero-order valence-electron chi connectivity index (χ0n) is 13.9. The molecule has 0 saturated heterocycles. The van der Waals surface area contributed by atoms with Crippen LogP contribution in [0.15, 0.2) is 54.4 Å². The molecule has 3 N–H and O–H groups in total. The molecule has 4 aromatic rings. The molecule has 0 amide bonds. The summed E-state index contributed by atoms with van der Waals surface area (Å²) in [6.07, 6.45) is 4.99. The monoisotopic (exact) mass is 361 g/mol. The van der Waals surface area contributed by atoms with E-state index >= 15 is 0 Å². The van der Waals surface area contributed by atoms with Crippen LogP contribution in [-0.4, -0.2) is 25.0 Å². The van der Waals surface area contributed by atoms with Crippen molar-refractivity contribution in [2.45, 2.75) is 12.5 Å². The molecule has 7 heteroatoms. The third kappa shape index (κ3) is 3.28. The van der Waals surface area contributed by atoms with Crippen molar-refractivity contribution in [2.75, 3.05) is 5.32 Å². The number of nitrogens with one attached hydrogen (secondary N) is 2. The molecule has 0 radical (unpaired) electrons. The summed E-state index contributed by atoms with van der Waals surface area (Å²) in [4.78, 5) is 15.7. The number of H-pyrrole nitrogens is 1. The van der Waals surface area contributed by atoms with Gasteiger partial charge in [0.25, 0.3) is 0 Å². The number of anilines is 2. The standard InChI is InChI=1S/C19H15N5OS/c1-19(25,18-21-9-10-26-18)7-5-13-3-2-4-14(11-13)24-17-15-6-8-20-16(15)22-12-23-17/h2-4,6,8-12,25H,1H3,(H2,20,22,23,24). The normalized spacial score (nSPS) is 13.0. The van der Waals surface area contributed by atoms with Crippen LogP contribution in [-0.2, 0) is 5.60 Å². The van der Waals surface area contributed by atoms with Crippen LogP contribution in [0.1, 0.15) is 17.5 Å². The van der Waals surface area contributed by atoms with Crippen molar-refractivity contribution in [3.63, 3.8) is 0 Å². The molecular weight excluding hydrogens is 346 g/mol. The van der Waals surface area contributed by atoms with E-state index in [1.807, 2.05) is 41.9 Å². The Bertz CT molecular complexity index is 1110. The van der Waals surface area contributed by atoms with Gasteiger partial charge in [0, 0.05) is 29.0 Å². The highest BCUT2D eigenvalue weighted by atomic mass is 32.1. The molecule has 0 aliphatic heterocycles. The number of hydrogen-bond acceptors (Lipinski definition) is 6. The van der Waals surface area contributed by atoms with E-state index in [0.29, 0.717) is 5.01 Å². The van der Waals surface area contributed by atoms with E-state index in [-0.39, 0.29) is 0 Å². The highest BCUT2D eigenvalue weighted by Crippen LogP contribution is 2.24. The van der Waals surface area contributed by atoms with Crippen molar-refractivity contribution in [1.82, 2.24) is 19.9 Å². The number of aromatic amines is 1. The fraction of sp³-hybridized carbons (Fsp3) is 0.105. The largest absolute Gasteiger partial charge is 0.371 e. The molecular formula is C19H15N5OS. The Balaban J connectivity index is 1.60. The van der Waals surface area contributed by atoms with Gasteiger partial charge in [0.1, 0.15) is 22.8 Å². The molecule has 0 saturated carbocycles. The summed E-state index contributed by atoms with van der Waals surface area (Å²) in [7, 11) is 0. The second kappa shape index (κ2) is 6.59. The molecule has 1 atom stereocenters. The average molecular weight is 361 g/mol. The van der Waals surface area contributed by atoms with Gasteiger partial charge in [-0.15, -0.1) is 11.3 Å². The van der Waals surface area contributed by atoms with Crippen LogP contribution in [0.25, 0.3) is 11.0 Å². The zero-order chi connectivity index (χ0) is 18.0. The van der Waals surface area contributed by atoms with Crippen molar-refractivity contribution >= 4 is 33.9 Å². The number of fused-ring (bicyclic) bond motifs is 1. The first-order valence-corrected chi connectivity index (χ1v) is 8.80. The van der Waals surface area contributed by atoms with Crippen molar-refractivity contribution in [2.24, 2.45) is 0 Å². The third-order valence-corrected chi connectivity index (χ3v) is 4.76. The van der Waals surface area contributed by atoms with Crippen LogP contribution in [0.5, 0.6) is 0 Å². The highest BCUT2D eigenvalue weighted by Gasteiger charge is 2.22. The van der Waals surface area contributed by atoms with Crippen molar-refractivity contribution in [1.29, 1.82) is 0 Å². The maximum absolute atomic E-state index is 10.5. The summed E-state index contributed by atoms with van der Waals surface area (Å²) < 4.78 is 0. The summed E-state index contributed by atoms with van der Waals surface area (Å²) in [5.74, 6) is 6.63. The summed E-state index contributed by atoms with van der Waals surface area (Å²) in [5, 5.41) is 17.1. The molecule has 1 unspecified atom stereocenters. The molecule has 1 aromatic carbocycles. The lowest BCUT2D eigenvalue weighted by atomic mass is 10.1. The maximum Gasteiger partial charge on any atom is 0.174 e. The van der Waals surface area contributed by atoms with Crippen LogP contribution in [0, 0.1) is 11.8 Å². The van der Waals surface area contributed by atoms with E-state index in [9.17, 15) is 5.11 Å². The summed E-state index contributed by atoms with van der Waals surface area (Å²) >= 11 is 1.38. The van der Waals surface area contributed by atoms with Gasteiger partial charge in [-0.1, -0.05) is 17.9 Å². The van der Waals surface area contributed by atoms with Gasteiger partial charge < -0.3 is 15.4 Å². The van der Waals surface area contributed by atoms with Gasteiger partial charge in [0.05, 0.1) is 5.39 Å². The van der Waals surface area contributed by atoms with E-state index in [4.69, 9.17) is 0 Å². The Morgan fingerprint density at radius 3 is 3.00 bits per heavy atom. The Morgan fingerprint density at radius 2 is 2.15 bits per heavy atom. The predicted molar refractivity (Wildman–Crippen MR) is 102 cm³/mol. The number of rotatable bonds is 3. The molecule has 26 heavy (non-hydrogen) atoms. The number of nitrogens with zero attached hydrogens (tertiary/aromatic N) is 3. The number of hydrogen-bond donors (Lipinski definition) is 3. The van der Waals surface area contributed by atoms with Crippen LogP contribution in [0.4, 0.5) is 11.5 Å². The second-order valence-corrected chi connectivity index (χ2v) is 6.72. The molecule has 0 spiro atoms. The molecule has 128 valence electrons. The Labute approximate surface area is 154 Å². The lowest BCUT2D eigenvalue weighted by Gasteiger charge is -2.12. The van der Waals surface area contributed by atoms with Crippen LogP contribution in [0.2, 0.25) is 0 Å². The molecule has 0 fully saturated rings. The molecule has 0 aliphatic carbocycles. The Kier molecular flexibility index (Phi) is 4.13. The van der Waals surface area contributed by atoms with E-state index < -0.39 is 5.60 Å². The van der Waals surface area contributed by atoms with E-state index in [1.54, 1.807) is 13.1 Å². The minimum atomic E-state index is -1.28. The topological polar surface area (TPSA) is 86.7 Å². The van der Waals surface area contributed by atoms with Crippen molar-refractivity contribution in [3.05, 3.63) is 65.0 Å². The minimum absolute atomic E-state index is 0.579. The fourth-order valence-corrected chi connectivity index (χ4v) is 3.15. The number of thiazole rings is 1. The lowest BCUT2D eigenvalue weighted by molar-refractivity contribution is 0.122.